The summed E-state index contributed by atoms with van der Waals surface area (Å²) in [5.41, 5.74) is 21.3. The molecule has 1 heterocycles. The van der Waals surface area contributed by atoms with E-state index >= 15 is 0 Å². The van der Waals surface area contributed by atoms with Crippen LogP contribution in [0.15, 0.2) is 256 Å². The monoisotopic (exact) mass is 1310 g/mol. The highest BCUT2D eigenvalue weighted by Gasteiger charge is 2.65. The van der Waals surface area contributed by atoms with Crippen molar-refractivity contribution in [2.75, 3.05) is 4.90 Å². The lowest BCUT2D eigenvalue weighted by molar-refractivity contribution is -0.135. The summed E-state index contributed by atoms with van der Waals surface area (Å²) in [6, 6.07) is 35.4. The molecule has 17 rings (SSSR count). The molecule has 1 aliphatic heterocycles. The maximum absolute atomic E-state index is 8.07. The van der Waals surface area contributed by atoms with Crippen molar-refractivity contribution in [3.05, 3.63) is 267 Å². The SMILES string of the molecule is [B]C1CC(c2ccccc2)CC1C(C1=CC=CCC1)C1CC(N(C2=CC=CCC2)c2ccccc2)C=C(NC2CC=CCC2)C1C1=C(CC)C=C2C(C1)C(C1=CCCCC1)C1CC(C(C3=CC=CCC3)C3=CCCCC3)CC3C(CC4=CC=CCC4)C4OC(c5ccccc5)CC4C2C31. The average molecular weight is 1310 g/mol. The fraction of sp³-hybridized carbons (Fsp3) is 0.516. The van der Waals surface area contributed by atoms with Gasteiger partial charge < -0.3 is 15.0 Å². The van der Waals surface area contributed by atoms with E-state index in [9.17, 15) is 0 Å². The molecule has 3 aromatic carbocycles. The van der Waals surface area contributed by atoms with Crippen LogP contribution in [-0.4, -0.2) is 26.0 Å². The van der Waals surface area contributed by atoms with Gasteiger partial charge in [0.1, 0.15) is 0 Å². The van der Waals surface area contributed by atoms with Gasteiger partial charge in [0.15, 0.2) is 0 Å². The molecule has 3 aromatic rings. The van der Waals surface area contributed by atoms with Crippen LogP contribution in [0.5, 0.6) is 0 Å². The quantitative estimate of drug-likeness (QED) is 0.101. The fourth-order valence-electron chi connectivity index (χ4n) is 24.5. The van der Waals surface area contributed by atoms with Crippen LogP contribution in [0.2, 0.25) is 5.82 Å². The number of hydrogen-bond donors (Lipinski definition) is 1. The van der Waals surface area contributed by atoms with E-state index in [1.165, 1.54) is 137 Å². The van der Waals surface area contributed by atoms with E-state index in [1.54, 1.807) is 27.9 Å². The molecule has 14 aliphatic rings. The summed E-state index contributed by atoms with van der Waals surface area (Å²) in [6.07, 6.45) is 80.1. The zero-order chi connectivity index (χ0) is 66.2. The molecular formula is C95H113BN2O. The molecule has 20 atom stereocenters. The van der Waals surface area contributed by atoms with Crippen molar-refractivity contribution in [3.63, 3.8) is 0 Å². The largest absolute Gasteiger partial charge is 0.385 e. The Bertz CT molecular complexity index is 3840. The van der Waals surface area contributed by atoms with Crippen molar-refractivity contribution < 1.29 is 4.74 Å². The van der Waals surface area contributed by atoms with Gasteiger partial charge in [0, 0.05) is 35.0 Å². The van der Waals surface area contributed by atoms with E-state index in [0.717, 1.165) is 70.6 Å². The molecule has 0 bridgehead atoms. The lowest BCUT2D eigenvalue weighted by Gasteiger charge is -2.64. The van der Waals surface area contributed by atoms with Crippen LogP contribution in [0.4, 0.5) is 5.69 Å². The highest BCUT2D eigenvalue weighted by molar-refractivity contribution is 6.12. The van der Waals surface area contributed by atoms with Gasteiger partial charge >= 0.3 is 0 Å². The third kappa shape index (κ3) is 13.3. The summed E-state index contributed by atoms with van der Waals surface area (Å²) in [5, 5.41) is 4.69. The van der Waals surface area contributed by atoms with Crippen LogP contribution in [0.1, 0.15) is 210 Å². The second kappa shape index (κ2) is 29.9. The molecular weight excluding hydrogens is 1200 g/mol. The Balaban J connectivity index is 0.879. The minimum Gasteiger partial charge on any atom is -0.385 e. The summed E-state index contributed by atoms with van der Waals surface area (Å²) in [7, 11) is 8.00. The van der Waals surface area contributed by atoms with E-state index in [1.807, 2.05) is 16.7 Å². The summed E-state index contributed by atoms with van der Waals surface area (Å²) in [5.74, 6) is 7.39. The minimum atomic E-state index is 0.117. The lowest BCUT2D eigenvalue weighted by Crippen LogP contribution is -2.60. The van der Waals surface area contributed by atoms with Crippen LogP contribution in [-0.2, 0) is 4.74 Å². The van der Waals surface area contributed by atoms with Gasteiger partial charge in [-0.3, -0.25) is 0 Å². The number of anilines is 1. The summed E-state index contributed by atoms with van der Waals surface area (Å²) in [6.45, 7) is 2.58. The van der Waals surface area contributed by atoms with Gasteiger partial charge in [-0.05, 0) is 291 Å². The number of nitrogens with one attached hydrogen (secondary N) is 1. The van der Waals surface area contributed by atoms with Gasteiger partial charge in [-0.25, -0.2) is 0 Å². The minimum absolute atomic E-state index is 0.117. The Morgan fingerprint density at radius 2 is 1.31 bits per heavy atom. The second-order valence-electron chi connectivity index (χ2n) is 33.5. The predicted octanol–water partition coefficient (Wildman–Crippen LogP) is 23.9. The lowest BCUT2D eigenvalue weighted by atomic mass is 9.40. The van der Waals surface area contributed by atoms with Crippen molar-refractivity contribution in [1.29, 1.82) is 0 Å². The molecule has 0 aromatic heterocycles. The van der Waals surface area contributed by atoms with Gasteiger partial charge in [-0.2, -0.15) is 0 Å². The van der Waals surface area contributed by atoms with Crippen molar-refractivity contribution in [1.82, 2.24) is 5.32 Å². The predicted molar refractivity (Wildman–Crippen MR) is 414 cm³/mol. The molecule has 3 nitrogen and oxygen atoms in total. The maximum atomic E-state index is 8.07. The number of hydrogen-bond acceptors (Lipinski definition) is 3. The van der Waals surface area contributed by atoms with Crippen LogP contribution >= 0.6 is 0 Å². The third-order valence-electron chi connectivity index (χ3n) is 28.3. The number of nitrogens with zero attached hydrogens (tertiary/aromatic N) is 1. The Hall–Kier alpha value is -6.36. The molecule has 1 saturated heterocycles. The zero-order valence-electron chi connectivity index (χ0n) is 59.8. The summed E-state index contributed by atoms with van der Waals surface area (Å²) < 4.78 is 8.07. The molecule has 0 amide bonds. The summed E-state index contributed by atoms with van der Waals surface area (Å²) >= 11 is 0. The molecule has 0 spiro atoms. The normalized spacial score (nSPS) is 36.1. The first kappa shape index (κ1) is 65.9. The Kier molecular flexibility index (Phi) is 19.9. The van der Waals surface area contributed by atoms with Crippen molar-refractivity contribution >= 4 is 13.5 Å². The fourth-order valence-corrected chi connectivity index (χ4v) is 24.5. The highest BCUT2D eigenvalue weighted by Crippen LogP contribution is 2.71. The first-order valence-corrected chi connectivity index (χ1v) is 40.7. The van der Waals surface area contributed by atoms with Crippen LogP contribution in [0.3, 0.4) is 0 Å². The van der Waals surface area contributed by atoms with Gasteiger partial charge in [-0.15, -0.1) is 0 Å². The second-order valence-corrected chi connectivity index (χ2v) is 33.5. The smallest absolute Gasteiger partial charge is 0.0832 e. The van der Waals surface area contributed by atoms with Gasteiger partial charge in [0.05, 0.1) is 26.1 Å². The molecule has 4 heteroatoms. The third-order valence-corrected chi connectivity index (χ3v) is 28.3. The summed E-state index contributed by atoms with van der Waals surface area (Å²) in [4.78, 5) is 2.83. The van der Waals surface area contributed by atoms with E-state index in [-0.39, 0.29) is 30.0 Å². The van der Waals surface area contributed by atoms with Crippen LogP contribution in [0.25, 0.3) is 0 Å². The van der Waals surface area contributed by atoms with Crippen molar-refractivity contribution in [2.24, 2.45) is 82.9 Å². The highest BCUT2D eigenvalue weighted by atomic mass is 16.5. The van der Waals surface area contributed by atoms with Gasteiger partial charge in [0.25, 0.3) is 0 Å². The first-order valence-electron chi connectivity index (χ1n) is 40.7. The Labute approximate surface area is 597 Å². The Morgan fingerprint density at radius 1 is 0.596 bits per heavy atom. The number of para-hydroxylation sites is 1. The van der Waals surface area contributed by atoms with E-state index in [2.05, 4.69) is 218 Å². The molecule has 20 unspecified atom stereocenters. The van der Waals surface area contributed by atoms with E-state index in [4.69, 9.17) is 12.6 Å². The number of fused-ring (bicyclic) bond motifs is 4. The average Bonchev–Trinajstić information content (AvgIpc) is 1.68. The van der Waals surface area contributed by atoms with Gasteiger partial charge in [0.2, 0.25) is 0 Å². The molecule has 5 fully saturated rings. The number of rotatable bonds is 18. The van der Waals surface area contributed by atoms with E-state index < -0.39 is 0 Å². The molecule has 2 radical (unpaired) electrons. The first-order chi connectivity index (χ1) is 49.0. The molecule has 512 valence electrons. The van der Waals surface area contributed by atoms with Crippen LogP contribution in [0, 0.1) is 82.9 Å². The standard InChI is InChI=1S/C95H113BN2O/c1-2-64-54-78-80(61-77(64)92-84(91(70-45-25-9-26-46-70)82-55-71(58-86(82)96)65-35-15-4-16-36-65)59-76(60-87(92)97-73-47-27-10-28-48-73)98(74-49-29-11-30-50-74)75-51-31-12-32-52-75)90(69-43-23-8-24-44-69)83-57-72(89(67-39-19-6-20-40-67)68-41-21-7-22-42-68)56-79-81(53-63-33-13-3-14-34-63)95-85(94(78)93(79)83)62-88(99-95)66-37-17-5-18-38-66/h3-6,9-13,15-19,25,27,29-31,33,35-39,41,43,45,49-51,54,60,71-73,76,79-86,88-95,97H,2,7-8,14,20-24,26,28,32,34,40,42,44,46-48,52-53,55-59,61-62H2,1H3. The van der Waals surface area contributed by atoms with Crippen molar-refractivity contribution in [3.8, 4) is 0 Å². The number of benzene rings is 3. The number of allylic oxidation sites excluding steroid dienone is 25. The molecule has 99 heavy (non-hydrogen) atoms. The molecule has 1 N–H and O–H groups in total. The maximum Gasteiger partial charge on any atom is 0.0832 e. The topological polar surface area (TPSA) is 24.5 Å². The molecule has 13 aliphatic carbocycles. The Morgan fingerprint density at radius 3 is 2.00 bits per heavy atom. The van der Waals surface area contributed by atoms with Gasteiger partial charge in [-0.1, -0.05) is 234 Å². The van der Waals surface area contributed by atoms with E-state index in [0.29, 0.717) is 88.9 Å². The van der Waals surface area contributed by atoms with Crippen LogP contribution < -0.4 is 10.2 Å². The molecule has 4 saturated carbocycles. The number of ether oxygens (including phenoxy) is 1. The van der Waals surface area contributed by atoms with Crippen molar-refractivity contribution in [2.45, 2.75) is 223 Å². The zero-order valence-corrected chi connectivity index (χ0v) is 59.8.